The minimum Gasteiger partial charge on any atom is -0.383 e. The molecule has 1 saturated heterocycles. The van der Waals surface area contributed by atoms with E-state index in [0.29, 0.717) is 47.2 Å². The van der Waals surface area contributed by atoms with Crippen LogP contribution in [0, 0.1) is 5.82 Å². The Morgan fingerprint density at radius 2 is 1.71 bits per heavy atom. The van der Waals surface area contributed by atoms with Crippen LogP contribution in [0.1, 0.15) is 5.56 Å². The van der Waals surface area contributed by atoms with Crippen LogP contribution in [0.25, 0.3) is 22.3 Å². The Morgan fingerprint density at radius 3 is 2.44 bits per heavy atom. The second-order valence-electron chi connectivity index (χ2n) is 8.40. The summed E-state index contributed by atoms with van der Waals surface area (Å²) in [4.78, 5) is 14.1. The van der Waals surface area contributed by atoms with Gasteiger partial charge in [0.15, 0.2) is 5.65 Å². The average molecular weight is 462 g/mol. The van der Waals surface area contributed by atoms with E-state index in [-0.39, 0.29) is 5.82 Å². The summed E-state index contributed by atoms with van der Waals surface area (Å²) in [6, 6.07) is 16.6. The van der Waals surface area contributed by atoms with E-state index < -0.39 is 0 Å². The SMILES string of the molecule is COCCN1CCN(c2nc(-c3ccccc3F)c3c(N)n(Cc4ccccc4)nc3n2)CC1. The number of rotatable bonds is 7. The van der Waals surface area contributed by atoms with Gasteiger partial charge < -0.3 is 15.4 Å². The van der Waals surface area contributed by atoms with Gasteiger partial charge in [-0.25, -0.2) is 14.1 Å². The van der Waals surface area contributed by atoms with E-state index in [9.17, 15) is 4.39 Å². The van der Waals surface area contributed by atoms with Crippen LogP contribution in [-0.4, -0.2) is 71.1 Å². The molecule has 0 atom stereocenters. The van der Waals surface area contributed by atoms with Crippen LogP contribution in [0.5, 0.6) is 0 Å². The number of hydrogen-bond acceptors (Lipinski definition) is 7. The van der Waals surface area contributed by atoms with Crippen LogP contribution in [0.15, 0.2) is 54.6 Å². The maximum absolute atomic E-state index is 14.9. The number of methoxy groups -OCH3 is 1. The summed E-state index contributed by atoms with van der Waals surface area (Å²) < 4.78 is 21.8. The van der Waals surface area contributed by atoms with E-state index in [0.717, 1.165) is 38.3 Å². The summed E-state index contributed by atoms with van der Waals surface area (Å²) in [6.07, 6.45) is 0. The van der Waals surface area contributed by atoms with Crippen molar-refractivity contribution in [3.63, 3.8) is 0 Å². The lowest BCUT2D eigenvalue weighted by Gasteiger charge is -2.34. The molecule has 1 aliphatic heterocycles. The molecule has 5 rings (SSSR count). The first-order valence-electron chi connectivity index (χ1n) is 11.4. The fraction of sp³-hybridized carbons (Fsp3) is 0.320. The minimum atomic E-state index is -0.354. The molecular weight excluding hydrogens is 433 g/mol. The molecule has 34 heavy (non-hydrogen) atoms. The zero-order chi connectivity index (χ0) is 23.5. The Bertz CT molecular complexity index is 1270. The van der Waals surface area contributed by atoms with Crippen molar-refractivity contribution in [1.29, 1.82) is 0 Å². The standard InChI is InChI=1S/C25H28FN7O/c1-34-16-15-31-11-13-32(14-12-31)25-28-22(19-9-5-6-10-20(19)26)21-23(27)33(30-24(21)29-25)17-18-7-3-2-4-8-18/h2-10H,11-17,27H2,1H3. The molecule has 0 bridgehead atoms. The Morgan fingerprint density at radius 1 is 0.971 bits per heavy atom. The van der Waals surface area contributed by atoms with E-state index in [1.165, 1.54) is 6.07 Å². The highest BCUT2D eigenvalue weighted by atomic mass is 19.1. The topological polar surface area (TPSA) is 85.3 Å². The predicted molar refractivity (Wildman–Crippen MR) is 131 cm³/mol. The lowest BCUT2D eigenvalue weighted by Crippen LogP contribution is -2.47. The number of aromatic nitrogens is 4. The number of halogens is 1. The molecule has 3 heterocycles. The number of nitrogens with two attached hydrogens (primary N) is 1. The smallest absolute Gasteiger partial charge is 0.228 e. The molecule has 0 aliphatic carbocycles. The summed E-state index contributed by atoms with van der Waals surface area (Å²) >= 11 is 0. The summed E-state index contributed by atoms with van der Waals surface area (Å²) in [5.74, 6) is 0.614. The average Bonchev–Trinajstić information content (AvgIpc) is 3.18. The zero-order valence-corrected chi connectivity index (χ0v) is 19.2. The summed E-state index contributed by atoms with van der Waals surface area (Å²) in [7, 11) is 1.71. The number of piperazine rings is 1. The van der Waals surface area contributed by atoms with Crippen LogP contribution in [-0.2, 0) is 11.3 Å². The van der Waals surface area contributed by atoms with Gasteiger partial charge in [-0.05, 0) is 17.7 Å². The first-order chi connectivity index (χ1) is 16.6. The number of hydrogen-bond donors (Lipinski definition) is 1. The van der Waals surface area contributed by atoms with Gasteiger partial charge in [0.2, 0.25) is 5.95 Å². The maximum atomic E-state index is 14.9. The lowest BCUT2D eigenvalue weighted by atomic mass is 10.1. The van der Waals surface area contributed by atoms with Gasteiger partial charge in [-0.3, -0.25) is 4.90 Å². The van der Waals surface area contributed by atoms with Crippen LogP contribution < -0.4 is 10.6 Å². The fourth-order valence-electron chi connectivity index (χ4n) is 4.30. The molecule has 9 heteroatoms. The third-order valence-electron chi connectivity index (χ3n) is 6.20. The molecule has 1 aliphatic rings. The van der Waals surface area contributed by atoms with Crippen molar-refractivity contribution in [2.24, 2.45) is 0 Å². The molecule has 2 aromatic heterocycles. The third kappa shape index (κ3) is 4.44. The van der Waals surface area contributed by atoms with Crippen molar-refractivity contribution in [2.45, 2.75) is 6.54 Å². The van der Waals surface area contributed by atoms with Gasteiger partial charge in [0.1, 0.15) is 11.6 Å². The number of anilines is 2. The molecule has 2 N–H and O–H groups in total. The van der Waals surface area contributed by atoms with Gasteiger partial charge >= 0.3 is 0 Å². The van der Waals surface area contributed by atoms with E-state index in [1.54, 1.807) is 30.0 Å². The Hall–Kier alpha value is -3.56. The number of nitrogens with zero attached hydrogens (tertiary/aromatic N) is 6. The molecule has 4 aromatic rings. The van der Waals surface area contributed by atoms with E-state index >= 15 is 0 Å². The monoisotopic (exact) mass is 461 g/mol. The second-order valence-corrected chi connectivity index (χ2v) is 8.40. The highest BCUT2D eigenvalue weighted by Gasteiger charge is 2.24. The summed E-state index contributed by atoms with van der Waals surface area (Å²) in [5.41, 5.74) is 8.93. The van der Waals surface area contributed by atoms with Gasteiger partial charge in [-0.15, -0.1) is 5.10 Å². The minimum absolute atomic E-state index is 0.354. The number of nitrogen functional groups attached to an aromatic ring is 1. The molecule has 0 unspecified atom stereocenters. The third-order valence-corrected chi connectivity index (χ3v) is 6.20. The van der Waals surface area contributed by atoms with Crippen molar-refractivity contribution >= 4 is 22.8 Å². The molecule has 8 nitrogen and oxygen atoms in total. The highest BCUT2D eigenvalue weighted by Crippen LogP contribution is 2.34. The van der Waals surface area contributed by atoms with E-state index in [1.807, 2.05) is 30.3 Å². The molecule has 0 radical (unpaired) electrons. The number of benzene rings is 2. The second kappa shape index (κ2) is 9.74. The molecular formula is C25H28FN7O. The molecule has 1 fully saturated rings. The lowest BCUT2D eigenvalue weighted by molar-refractivity contribution is 0.144. The van der Waals surface area contributed by atoms with Crippen molar-refractivity contribution in [1.82, 2.24) is 24.6 Å². The van der Waals surface area contributed by atoms with Gasteiger partial charge in [0.05, 0.1) is 24.2 Å². The summed E-state index contributed by atoms with van der Waals surface area (Å²) in [6.45, 7) is 5.39. The molecule has 176 valence electrons. The Kier molecular flexibility index (Phi) is 6.37. The number of fused-ring (bicyclic) bond motifs is 1. The first-order valence-corrected chi connectivity index (χ1v) is 11.4. The van der Waals surface area contributed by atoms with E-state index in [4.69, 9.17) is 25.5 Å². The molecule has 0 spiro atoms. The normalized spacial score (nSPS) is 14.7. The van der Waals surface area contributed by atoms with Gasteiger partial charge in [0, 0.05) is 45.4 Å². The van der Waals surface area contributed by atoms with Crippen molar-refractivity contribution in [3.8, 4) is 11.3 Å². The Labute approximate surface area is 197 Å². The largest absolute Gasteiger partial charge is 0.383 e. The van der Waals surface area contributed by atoms with Gasteiger partial charge in [0.25, 0.3) is 0 Å². The van der Waals surface area contributed by atoms with Crippen molar-refractivity contribution in [2.75, 3.05) is 57.1 Å². The fourth-order valence-corrected chi connectivity index (χ4v) is 4.30. The Balaban J connectivity index is 1.55. The molecule has 0 amide bonds. The number of ether oxygens (including phenoxy) is 1. The first kappa shape index (κ1) is 22.2. The quantitative estimate of drug-likeness (QED) is 0.453. The van der Waals surface area contributed by atoms with Crippen LogP contribution in [0.2, 0.25) is 0 Å². The van der Waals surface area contributed by atoms with Gasteiger partial charge in [-0.2, -0.15) is 4.98 Å². The van der Waals surface area contributed by atoms with Crippen molar-refractivity contribution in [3.05, 3.63) is 66.0 Å². The molecule has 0 saturated carbocycles. The highest BCUT2D eigenvalue weighted by molar-refractivity contribution is 5.99. The van der Waals surface area contributed by atoms with Crippen LogP contribution in [0.4, 0.5) is 16.2 Å². The summed E-state index contributed by atoms with van der Waals surface area (Å²) in [5, 5.41) is 5.27. The van der Waals surface area contributed by atoms with Crippen molar-refractivity contribution < 1.29 is 9.13 Å². The predicted octanol–water partition coefficient (Wildman–Crippen LogP) is 3.03. The molecule has 2 aromatic carbocycles. The van der Waals surface area contributed by atoms with Gasteiger partial charge in [-0.1, -0.05) is 42.5 Å². The maximum Gasteiger partial charge on any atom is 0.228 e. The zero-order valence-electron chi connectivity index (χ0n) is 19.2. The van der Waals surface area contributed by atoms with E-state index in [2.05, 4.69) is 9.80 Å². The van der Waals surface area contributed by atoms with Crippen LogP contribution in [0.3, 0.4) is 0 Å². The van der Waals surface area contributed by atoms with Crippen LogP contribution >= 0.6 is 0 Å².